The molecule has 2 N–H and O–H groups in total. The summed E-state index contributed by atoms with van der Waals surface area (Å²) in [5.74, 6) is -3.86. The Morgan fingerprint density at radius 1 is 1.02 bits per heavy atom. The van der Waals surface area contributed by atoms with Gasteiger partial charge in [0.05, 0.1) is 37.3 Å². The SMILES string of the molecule is CCCCN1CC=C[C@@]23O[C@H]4/C=C\CCC(=O)N[C@@H](COC)[C@H](c5ccccc5)OC(=O)[C@H]4[C@@H]2C(=O)N([C@@H](CO)Cc2ccccc2)[C@H]3C1=O. The summed E-state index contributed by atoms with van der Waals surface area (Å²) in [7, 11) is 1.51. The number of hydrogen-bond acceptors (Lipinski definition) is 8. The van der Waals surface area contributed by atoms with Gasteiger partial charge in [-0.3, -0.25) is 19.2 Å². The predicted molar refractivity (Wildman–Crippen MR) is 184 cm³/mol. The number of aliphatic hydroxyl groups excluding tert-OH is 1. The molecule has 6 rings (SSSR count). The predicted octanol–water partition coefficient (Wildman–Crippen LogP) is 3.14. The summed E-state index contributed by atoms with van der Waals surface area (Å²) in [5.41, 5.74) is 0.0481. The number of hydrogen-bond donors (Lipinski definition) is 2. The fraction of sp³-hybridized carbons (Fsp3) is 0.487. The van der Waals surface area contributed by atoms with Gasteiger partial charge in [0.15, 0.2) is 0 Å². The lowest BCUT2D eigenvalue weighted by Crippen LogP contribution is -2.58. The van der Waals surface area contributed by atoms with Crippen LogP contribution in [0.5, 0.6) is 0 Å². The monoisotopic (exact) mass is 685 g/mol. The van der Waals surface area contributed by atoms with E-state index in [1.807, 2.05) is 66.7 Å². The van der Waals surface area contributed by atoms with E-state index in [0.29, 0.717) is 31.5 Å². The normalized spacial score (nSPS) is 31.0. The van der Waals surface area contributed by atoms with E-state index in [2.05, 4.69) is 12.2 Å². The molecule has 8 atom stereocenters. The van der Waals surface area contributed by atoms with Crippen molar-refractivity contribution in [2.75, 3.05) is 33.4 Å². The van der Waals surface area contributed by atoms with Crippen molar-refractivity contribution >= 4 is 23.7 Å². The summed E-state index contributed by atoms with van der Waals surface area (Å²) in [4.78, 5) is 60.5. The number of rotatable bonds is 10. The number of amides is 3. The highest BCUT2D eigenvalue weighted by Gasteiger charge is 2.72. The van der Waals surface area contributed by atoms with Crippen LogP contribution in [0.2, 0.25) is 0 Å². The van der Waals surface area contributed by atoms with Gasteiger partial charge in [0.25, 0.3) is 0 Å². The molecule has 2 aromatic carbocycles. The van der Waals surface area contributed by atoms with Crippen molar-refractivity contribution in [1.82, 2.24) is 15.1 Å². The Morgan fingerprint density at radius 3 is 2.46 bits per heavy atom. The van der Waals surface area contributed by atoms with Gasteiger partial charge in [-0.15, -0.1) is 0 Å². The van der Waals surface area contributed by atoms with Gasteiger partial charge in [0.2, 0.25) is 17.7 Å². The molecular formula is C39H47N3O8. The van der Waals surface area contributed by atoms with Gasteiger partial charge in [-0.2, -0.15) is 0 Å². The molecule has 50 heavy (non-hydrogen) atoms. The lowest BCUT2D eigenvalue weighted by Gasteiger charge is -2.38. The highest BCUT2D eigenvalue weighted by molar-refractivity contribution is 5.99. The first-order valence-electron chi connectivity index (χ1n) is 17.6. The summed E-state index contributed by atoms with van der Waals surface area (Å²) in [6.07, 6.45) is 7.81. The van der Waals surface area contributed by atoms with Crippen LogP contribution in [0.3, 0.4) is 0 Å². The number of ether oxygens (including phenoxy) is 3. The standard InChI is InChI=1S/C39H47N3O8/c1-3-4-21-41-22-13-20-39-33(36(45)42(35(39)37(41)46)28(24-43)23-26-14-7-5-8-15-26)32-30(50-39)18-11-12-19-31(44)40-29(25-48-2)34(49-38(32)47)27-16-9-6-10-17-27/h5-11,13-18,20,28-30,32-35,43H,3-4,12,19,21-25H2,1-2H3,(H,40,44)/b18-11-/t28-,29+,30+,32-,33-,34+,35+,39-/m1/s1. The molecule has 1 spiro atoms. The number of allylic oxidation sites excluding steroid dienone is 1. The van der Waals surface area contributed by atoms with Gasteiger partial charge in [-0.1, -0.05) is 98.3 Å². The Morgan fingerprint density at radius 2 is 1.76 bits per heavy atom. The maximum Gasteiger partial charge on any atom is 0.313 e. The molecule has 4 heterocycles. The largest absolute Gasteiger partial charge is 0.455 e. The van der Waals surface area contributed by atoms with Crippen molar-refractivity contribution in [3.8, 4) is 0 Å². The van der Waals surface area contributed by atoms with E-state index in [9.17, 15) is 24.3 Å². The van der Waals surface area contributed by atoms with E-state index in [1.165, 1.54) is 12.0 Å². The average Bonchev–Trinajstić information content (AvgIpc) is 3.52. The van der Waals surface area contributed by atoms with Crippen LogP contribution >= 0.6 is 0 Å². The highest BCUT2D eigenvalue weighted by Crippen LogP contribution is 2.54. The number of benzene rings is 2. The Labute approximate surface area is 293 Å². The van der Waals surface area contributed by atoms with Gasteiger partial charge >= 0.3 is 5.97 Å². The topological polar surface area (TPSA) is 135 Å². The Hall–Kier alpha value is -4.32. The molecule has 4 aliphatic rings. The minimum absolute atomic E-state index is 0.0731. The van der Waals surface area contributed by atoms with E-state index in [4.69, 9.17) is 14.2 Å². The number of unbranched alkanes of at least 4 members (excludes halogenated alkanes) is 1. The molecule has 11 heteroatoms. The lowest BCUT2D eigenvalue weighted by atomic mass is 9.77. The molecule has 11 nitrogen and oxygen atoms in total. The third kappa shape index (κ3) is 6.86. The first kappa shape index (κ1) is 35.5. The van der Waals surface area contributed by atoms with Crippen molar-refractivity contribution in [2.45, 2.75) is 75.0 Å². The number of methoxy groups -OCH3 is 1. The molecule has 3 amide bonds. The van der Waals surface area contributed by atoms with E-state index in [0.717, 1.165) is 18.4 Å². The zero-order valence-electron chi connectivity index (χ0n) is 28.7. The van der Waals surface area contributed by atoms with Gasteiger partial charge in [0.1, 0.15) is 23.7 Å². The zero-order valence-corrected chi connectivity index (χ0v) is 28.7. The van der Waals surface area contributed by atoms with Crippen molar-refractivity contribution in [3.63, 3.8) is 0 Å². The maximum absolute atomic E-state index is 15.0. The van der Waals surface area contributed by atoms with Crippen LogP contribution in [0.1, 0.15) is 49.8 Å². The van der Waals surface area contributed by atoms with Crippen molar-refractivity contribution in [3.05, 3.63) is 96.1 Å². The smallest absolute Gasteiger partial charge is 0.313 e. The number of carbonyl (C=O) groups excluding carboxylic acids is 4. The summed E-state index contributed by atoms with van der Waals surface area (Å²) in [6.45, 7) is 2.56. The summed E-state index contributed by atoms with van der Waals surface area (Å²) in [6, 6.07) is 16.0. The van der Waals surface area contributed by atoms with Crippen LogP contribution in [0.4, 0.5) is 0 Å². The fourth-order valence-electron chi connectivity index (χ4n) is 7.96. The Balaban J connectivity index is 1.45. The number of cyclic esters (lactones) is 1. The second kappa shape index (κ2) is 15.7. The molecule has 2 fully saturated rings. The highest BCUT2D eigenvalue weighted by atomic mass is 16.6. The van der Waals surface area contributed by atoms with Crippen LogP contribution in [0.25, 0.3) is 0 Å². The fourth-order valence-corrected chi connectivity index (χ4v) is 7.96. The molecule has 0 bridgehead atoms. The minimum atomic E-state index is -1.50. The third-order valence-corrected chi connectivity index (χ3v) is 10.3. The molecule has 0 radical (unpaired) electrons. The second-order valence-electron chi connectivity index (χ2n) is 13.5. The molecule has 2 aromatic rings. The van der Waals surface area contributed by atoms with E-state index >= 15 is 0 Å². The first-order chi connectivity index (χ1) is 24.3. The number of aliphatic hydroxyl groups is 1. The number of fused-ring (bicyclic) bond motifs is 2. The average molecular weight is 686 g/mol. The van der Waals surface area contributed by atoms with Crippen molar-refractivity contribution < 1.29 is 38.5 Å². The van der Waals surface area contributed by atoms with Crippen LogP contribution in [0, 0.1) is 11.8 Å². The number of nitrogens with one attached hydrogen (secondary N) is 1. The van der Waals surface area contributed by atoms with Crippen LogP contribution in [0.15, 0.2) is 85.0 Å². The van der Waals surface area contributed by atoms with Crippen LogP contribution < -0.4 is 5.32 Å². The maximum atomic E-state index is 15.0. The first-order valence-corrected chi connectivity index (χ1v) is 17.6. The van der Waals surface area contributed by atoms with Crippen LogP contribution in [-0.2, 0) is 39.8 Å². The summed E-state index contributed by atoms with van der Waals surface area (Å²) < 4.78 is 18.7. The Bertz CT molecular complexity index is 1580. The van der Waals surface area contributed by atoms with Crippen molar-refractivity contribution in [2.24, 2.45) is 11.8 Å². The molecule has 266 valence electrons. The minimum Gasteiger partial charge on any atom is -0.455 e. The van der Waals surface area contributed by atoms with E-state index < -0.39 is 66.3 Å². The number of esters is 1. The quantitative estimate of drug-likeness (QED) is 0.288. The van der Waals surface area contributed by atoms with E-state index in [-0.39, 0.29) is 24.8 Å². The lowest BCUT2D eigenvalue weighted by molar-refractivity contribution is -0.163. The zero-order chi connectivity index (χ0) is 35.3. The van der Waals surface area contributed by atoms with Gasteiger partial charge in [-0.05, 0) is 30.4 Å². The third-order valence-electron chi connectivity index (χ3n) is 10.3. The molecule has 2 saturated heterocycles. The molecule has 0 aliphatic carbocycles. The molecule has 4 aliphatic heterocycles. The number of nitrogens with zero attached hydrogens (tertiary/aromatic N) is 2. The number of carbonyl (C=O) groups is 4. The molecule has 0 aromatic heterocycles. The van der Waals surface area contributed by atoms with Gasteiger partial charge in [0, 0.05) is 26.6 Å². The van der Waals surface area contributed by atoms with Crippen LogP contribution in [-0.4, -0.2) is 102 Å². The Kier molecular flexibility index (Phi) is 11.2. The second-order valence-corrected chi connectivity index (χ2v) is 13.5. The van der Waals surface area contributed by atoms with Gasteiger partial charge in [-0.25, -0.2) is 0 Å². The van der Waals surface area contributed by atoms with E-state index in [1.54, 1.807) is 23.1 Å². The van der Waals surface area contributed by atoms with Gasteiger partial charge < -0.3 is 34.4 Å². The summed E-state index contributed by atoms with van der Waals surface area (Å²) >= 11 is 0. The number of likely N-dealkylation sites (tertiary alicyclic amines) is 1. The van der Waals surface area contributed by atoms with Crippen molar-refractivity contribution in [1.29, 1.82) is 0 Å². The molecule has 0 saturated carbocycles. The molecular weight excluding hydrogens is 638 g/mol. The molecule has 0 unspecified atom stereocenters. The summed E-state index contributed by atoms with van der Waals surface area (Å²) in [5, 5.41) is 13.8.